The van der Waals surface area contributed by atoms with Gasteiger partial charge in [-0.05, 0) is 42.8 Å². The molecule has 1 heterocycles. The van der Waals surface area contributed by atoms with E-state index in [1.807, 2.05) is 24.3 Å². The molecule has 9 nitrogen and oxygen atoms in total. The van der Waals surface area contributed by atoms with Crippen LogP contribution in [0.1, 0.15) is 16.8 Å². The van der Waals surface area contributed by atoms with E-state index in [4.69, 9.17) is 9.47 Å². The molecule has 9 heteroatoms. The number of carbonyl (C=O) groups is 1. The Kier molecular flexibility index (Phi) is 7.66. The molecule has 0 atom stereocenters. The van der Waals surface area contributed by atoms with Crippen molar-refractivity contribution < 1.29 is 19.2 Å². The van der Waals surface area contributed by atoms with E-state index < -0.39 is 4.92 Å². The molecule has 1 fully saturated rings. The Morgan fingerprint density at radius 2 is 1.87 bits per heavy atom. The largest absolute Gasteiger partial charge is 0.497 e. The van der Waals surface area contributed by atoms with Crippen LogP contribution in [0, 0.1) is 10.1 Å². The number of rotatable bonds is 8. The quantitative estimate of drug-likeness (QED) is 0.392. The first-order valence-electron chi connectivity index (χ1n) is 10.2. The molecular formula is C22H28N4O5. The monoisotopic (exact) mass is 428 g/mol. The average molecular weight is 428 g/mol. The van der Waals surface area contributed by atoms with Crippen molar-refractivity contribution in [2.45, 2.75) is 6.42 Å². The molecule has 1 N–H and O–H groups in total. The van der Waals surface area contributed by atoms with Crippen LogP contribution in [0.25, 0.3) is 0 Å². The van der Waals surface area contributed by atoms with Gasteiger partial charge in [0.15, 0.2) is 0 Å². The normalized spacial score (nSPS) is 14.1. The lowest BCUT2D eigenvalue weighted by Crippen LogP contribution is -2.35. The van der Waals surface area contributed by atoms with Crippen molar-refractivity contribution in [3.8, 4) is 5.75 Å². The predicted molar refractivity (Wildman–Crippen MR) is 119 cm³/mol. The minimum atomic E-state index is -0.472. The summed E-state index contributed by atoms with van der Waals surface area (Å²) >= 11 is 0. The first-order valence-corrected chi connectivity index (χ1v) is 10.2. The van der Waals surface area contributed by atoms with Gasteiger partial charge in [0.1, 0.15) is 11.4 Å². The van der Waals surface area contributed by atoms with Gasteiger partial charge >= 0.3 is 0 Å². The molecule has 0 spiro atoms. The Morgan fingerprint density at radius 1 is 1.10 bits per heavy atom. The maximum Gasteiger partial charge on any atom is 0.293 e. The number of nitro benzene ring substituents is 1. The molecule has 31 heavy (non-hydrogen) atoms. The van der Waals surface area contributed by atoms with Crippen LogP contribution in [0.5, 0.6) is 5.75 Å². The van der Waals surface area contributed by atoms with Gasteiger partial charge in [0.2, 0.25) is 0 Å². The van der Waals surface area contributed by atoms with Crippen molar-refractivity contribution in [2.75, 3.05) is 63.8 Å². The van der Waals surface area contributed by atoms with Crippen molar-refractivity contribution in [3.63, 3.8) is 0 Å². The number of anilines is 2. The van der Waals surface area contributed by atoms with E-state index in [0.29, 0.717) is 44.0 Å². The second-order valence-electron chi connectivity index (χ2n) is 7.24. The third-order valence-corrected chi connectivity index (χ3v) is 5.28. The average Bonchev–Trinajstić information content (AvgIpc) is 3.05. The molecule has 2 aromatic carbocycles. The number of nitrogens with zero attached hydrogens (tertiary/aromatic N) is 3. The van der Waals surface area contributed by atoms with Crippen molar-refractivity contribution in [3.05, 3.63) is 58.1 Å². The minimum Gasteiger partial charge on any atom is -0.497 e. The first-order chi connectivity index (χ1) is 15.0. The lowest BCUT2D eigenvalue weighted by Gasteiger charge is -2.24. The van der Waals surface area contributed by atoms with E-state index in [1.165, 1.54) is 6.07 Å². The van der Waals surface area contributed by atoms with E-state index in [1.54, 1.807) is 31.3 Å². The van der Waals surface area contributed by atoms with Gasteiger partial charge in [0, 0.05) is 57.2 Å². The van der Waals surface area contributed by atoms with Gasteiger partial charge in [-0.25, -0.2) is 0 Å². The standard InChI is InChI=1S/C22H28N4O5/c1-30-15-10-23-20-9-4-17(16-21(20)26(28)29)22(27)25-12-3-11-24(13-14-25)18-5-7-19(31-2)8-6-18/h4-9,16,23H,3,10-15H2,1-2H3. The summed E-state index contributed by atoms with van der Waals surface area (Å²) in [6.45, 7) is 3.54. The van der Waals surface area contributed by atoms with E-state index >= 15 is 0 Å². The van der Waals surface area contributed by atoms with Crippen LogP contribution in [0.15, 0.2) is 42.5 Å². The Labute approximate surface area is 181 Å². The van der Waals surface area contributed by atoms with Gasteiger partial charge in [0.25, 0.3) is 11.6 Å². The van der Waals surface area contributed by atoms with E-state index in [9.17, 15) is 14.9 Å². The number of nitro groups is 1. The van der Waals surface area contributed by atoms with Crippen LogP contribution < -0.4 is 15.0 Å². The topological polar surface area (TPSA) is 97.2 Å². The Morgan fingerprint density at radius 3 is 2.55 bits per heavy atom. The van der Waals surface area contributed by atoms with Crippen molar-refractivity contribution in [1.29, 1.82) is 0 Å². The molecule has 0 unspecified atom stereocenters. The van der Waals surface area contributed by atoms with Crippen LogP contribution in [-0.4, -0.2) is 69.3 Å². The highest BCUT2D eigenvalue weighted by molar-refractivity contribution is 5.95. The van der Waals surface area contributed by atoms with Crippen LogP contribution in [0.3, 0.4) is 0 Å². The molecule has 1 aliphatic heterocycles. The Bertz CT molecular complexity index is 903. The van der Waals surface area contributed by atoms with Crippen molar-refractivity contribution >= 4 is 23.0 Å². The third-order valence-electron chi connectivity index (χ3n) is 5.28. The molecule has 1 saturated heterocycles. The van der Waals surface area contributed by atoms with Gasteiger partial charge in [-0.1, -0.05) is 0 Å². The highest BCUT2D eigenvalue weighted by Gasteiger charge is 2.23. The van der Waals surface area contributed by atoms with E-state index in [2.05, 4.69) is 10.2 Å². The number of nitrogens with one attached hydrogen (secondary N) is 1. The molecule has 0 bridgehead atoms. The number of hydrogen-bond donors (Lipinski definition) is 1. The maximum absolute atomic E-state index is 13.1. The molecule has 3 rings (SSSR count). The fourth-order valence-corrected chi connectivity index (χ4v) is 3.61. The predicted octanol–water partition coefficient (Wildman–Crippen LogP) is 3.01. The highest BCUT2D eigenvalue weighted by Crippen LogP contribution is 2.27. The number of ether oxygens (including phenoxy) is 2. The van der Waals surface area contributed by atoms with Crippen molar-refractivity contribution in [1.82, 2.24) is 4.90 Å². The molecular weight excluding hydrogens is 400 g/mol. The summed E-state index contributed by atoms with van der Waals surface area (Å²) in [5.41, 5.74) is 1.66. The Balaban J connectivity index is 1.69. The molecule has 0 aliphatic carbocycles. The second kappa shape index (κ2) is 10.6. The maximum atomic E-state index is 13.1. The number of amides is 1. The van der Waals surface area contributed by atoms with E-state index in [-0.39, 0.29) is 11.6 Å². The number of hydrogen-bond acceptors (Lipinski definition) is 7. The second-order valence-corrected chi connectivity index (χ2v) is 7.24. The molecule has 1 amide bonds. The third kappa shape index (κ3) is 5.64. The van der Waals surface area contributed by atoms with Gasteiger partial charge in [-0.15, -0.1) is 0 Å². The van der Waals surface area contributed by atoms with Gasteiger partial charge < -0.3 is 24.6 Å². The van der Waals surface area contributed by atoms with Crippen LogP contribution >= 0.6 is 0 Å². The fraction of sp³-hybridized carbons (Fsp3) is 0.409. The molecule has 2 aromatic rings. The highest BCUT2D eigenvalue weighted by atomic mass is 16.6. The van der Waals surface area contributed by atoms with Crippen LogP contribution in [0.4, 0.5) is 17.1 Å². The molecule has 1 aliphatic rings. The zero-order chi connectivity index (χ0) is 22.2. The summed E-state index contributed by atoms with van der Waals surface area (Å²) in [5, 5.41) is 14.5. The van der Waals surface area contributed by atoms with Crippen LogP contribution in [0.2, 0.25) is 0 Å². The van der Waals surface area contributed by atoms with Crippen LogP contribution in [-0.2, 0) is 4.74 Å². The zero-order valence-corrected chi connectivity index (χ0v) is 17.9. The van der Waals surface area contributed by atoms with E-state index in [0.717, 1.165) is 24.4 Å². The number of methoxy groups -OCH3 is 2. The SMILES string of the molecule is COCCNc1ccc(C(=O)N2CCCN(c3ccc(OC)cc3)CC2)cc1[N+](=O)[O-]. The Hall–Kier alpha value is -3.33. The first kappa shape index (κ1) is 22.4. The molecule has 0 radical (unpaired) electrons. The van der Waals surface area contributed by atoms with Gasteiger partial charge in [-0.2, -0.15) is 0 Å². The van der Waals surface area contributed by atoms with Crippen molar-refractivity contribution in [2.24, 2.45) is 0 Å². The number of benzene rings is 2. The minimum absolute atomic E-state index is 0.114. The summed E-state index contributed by atoms with van der Waals surface area (Å²) in [6, 6.07) is 12.4. The van der Waals surface area contributed by atoms with Gasteiger partial charge in [-0.3, -0.25) is 14.9 Å². The molecule has 0 aromatic heterocycles. The summed E-state index contributed by atoms with van der Waals surface area (Å²) < 4.78 is 10.2. The lowest BCUT2D eigenvalue weighted by atomic mass is 10.1. The van der Waals surface area contributed by atoms with Gasteiger partial charge in [0.05, 0.1) is 18.6 Å². The number of carbonyl (C=O) groups excluding carboxylic acids is 1. The summed E-state index contributed by atoms with van der Waals surface area (Å²) in [4.78, 5) is 28.1. The summed E-state index contributed by atoms with van der Waals surface area (Å²) in [7, 11) is 3.20. The zero-order valence-electron chi connectivity index (χ0n) is 17.9. The summed E-state index contributed by atoms with van der Waals surface area (Å²) in [5.74, 6) is 0.611. The smallest absolute Gasteiger partial charge is 0.293 e. The fourth-order valence-electron chi connectivity index (χ4n) is 3.61. The lowest BCUT2D eigenvalue weighted by molar-refractivity contribution is -0.384. The summed E-state index contributed by atoms with van der Waals surface area (Å²) in [6.07, 6.45) is 0.816. The molecule has 0 saturated carbocycles. The molecule has 166 valence electrons.